The molecule has 2 nitrogen and oxygen atoms in total. The number of thiophene rings is 1. The third kappa shape index (κ3) is 3.88. The molecule has 2 heterocycles. The highest BCUT2D eigenvalue weighted by Gasteiger charge is 2.33. The van der Waals surface area contributed by atoms with Gasteiger partial charge in [-0.15, -0.1) is 0 Å². The van der Waals surface area contributed by atoms with Crippen molar-refractivity contribution in [1.29, 1.82) is 0 Å². The second kappa shape index (κ2) is 6.81. The van der Waals surface area contributed by atoms with E-state index in [2.05, 4.69) is 10.2 Å². The molecule has 2 aromatic rings. The van der Waals surface area contributed by atoms with Gasteiger partial charge in [0, 0.05) is 31.2 Å². The third-order valence-corrected chi connectivity index (χ3v) is 4.86. The molecular formula is C16H16ClF3N2S. The van der Waals surface area contributed by atoms with Crippen molar-refractivity contribution < 1.29 is 13.2 Å². The molecule has 1 atom stereocenters. The zero-order valence-electron chi connectivity index (χ0n) is 12.2. The topological polar surface area (TPSA) is 15.3 Å². The third-order valence-electron chi connectivity index (χ3n) is 3.94. The molecule has 1 fully saturated rings. The lowest BCUT2D eigenvalue weighted by Crippen LogP contribution is -2.45. The second-order valence-corrected chi connectivity index (χ2v) is 6.73. The van der Waals surface area contributed by atoms with Gasteiger partial charge in [0.15, 0.2) is 0 Å². The smallest absolute Gasteiger partial charge is 0.314 e. The van der Waals surface area contributed by atoms with Crippen LogP contribution < -0.4 is 5.32 Å². The maximum absolute atomic E-state index is 13.1. The largest absolute Gasteiger partial charge is 0.416 e. The Kier molecular flexibility index (Phi) is 4.96. The molecule has 0 amide bonds. The van der Waals surface area contributed by atoms with Gasteiger partial charge in [-0.1, -0.05) is 11.6 Å². The summed E-state index contributed by atoms with van der Waals surface area (Å²) in [6.45, 7) is 3.23. The highest BCUT2D eigenvalue weighted by atomic mass is 35.5. The Labute approximate surface area is 141 Å². The van der Waals surface area contributed by atoms with Crippen molar-refractivity contribution >= 4 is 22.9 Å². The molecule has 0 saturated carbocycles. The fraction of sp³-hybridized carbons (Fsp3) is 0.375. The minimum Gasteiger partial charge on any atom is -0.314 e. The van der Waals surface area contributed by atoms with Gasteiger partial charge in [-0.3, -0.25) is 4.90 Å². The van der Waals surface area contributed by atoms with E-state index in [1.54, 1.807) is 17.4 Å². The van der Waals surface area contributed by atoms with E-state index in [1.165, 1.54) is 6.07 Å². The van der Waals surface area contributed by atoms with Crippen LogP contribution in [0.25, 0.3) is 0 Å². The van der Waals surface area contributed by atoms with Crippen molar-refractivity contribution in [3.8, 4) is 0 Å². The van der Waals surface area contributed by atoms with Crippen molar-refractivity contribution in [3.63, 3.8) is 0 Å². The number of halogens is 4. The maximum atomic E-state index is 13.1. The van der Waals surface area contributed by atoms with Gasteiger partial charge in [0.25, 0.3) is 0 Å². The number of piperazine rings is 1. The quantitative estimate of drug-likeness (QED) is 0.872. The van der Waals surface area contributed by atoms with E-state index in [0.717, 1.165) is 37.8 Å². The molecule has 3 rings (SSSR count). The van der Waals surface area contributed by atoms with E-state index >= 15 is 0 Å². The van der Waals surface area contributed by atoms with E-state index in [0.29, 0.717) is 5.56 Å². The summed E-state index contributed by atoms with van der Waals surface area (Å²) in [5.41, 5.74) is 0.896. The summed E-state index contributed by atoms with van der Waals surface area (Å²) in [6.07, 6.45) is -4.40. The highest BCUT2D eigenvalue weighted by Crippen LogP contribution is 2.37. The van der Waals surface area contributed by atoms with Crippen molar-refractivity contribution in [2.24, 2.45) is 0 Å². The normalized spacial score (nSPS) is 18.1. The molecule has 0 spiro atoms. The summed E-state index contributed by atoms with van der Waals surface area (Å²) in [5, 5.41) is 7.32. The monoisotopic (exact) mass is 360 g/mol. The van der Waals surface area contributed by atoms with E-state index < -0.39 is 11.7 Å². The lowest BCUT2D eigenvalue weighted by atomic mass is 9.97. The summed E-state index contributed by atoms with van der Waals surface area (Å²) < 4.78 is 39.3. The first-order chi connectivity index (χ1) is 10.9. The molecular weight excluding hydrogens is 345 g/mol. The predicted octanol–water partition coefficient (Wildman–Crippen LogP) is 4.41. The van der Waals surface area contributed by atoms with E-state index in [9.17, 15) is 13.2 Å². The zero-order chi connectivity index (χ0) is 16.4. The molecule has 1 aliphatic rings. The van der Waals surface area contributed by atoms with Crippen LogP contribution in [0.3, 0.4) is 0 Å². The van der Waals surface area contributed by atoms with Crippen LogP contribution in [0.1, 0.15) is 22.7 Å². The number of rotatable bonds is 3. The first-order valence-corrected chi connectivity index (χ1v) is 8.62. The van der Waals surface area contributed by atoms with Gasteiger partial charge >= 0.3 is 6.18 Å². The fourth-order valence-electron chi connectivity index (χ4n) is 2.92. The van der Waals surface area contributed by atoms with Crippen molar-refractivity contribution in [3.05, 3.63) is 56.7 Å². The Morgan fingerprint density at radius 2 is 1.87 bits per heavy atom. The molecule has 124 valence electrons. The molecule has 0 bridgehead atoms. The molecule has 1 N–H and O–H groups in total. The predicted molar refractivity (Wildman–Crippen MR) is 87.1 cm³/mol. The Balaban J connectivity index is 2.04. The fourth-order valence-corrected chi connectivity index (χ4v) is 3.84. The molecule has 1 aromatic heterocycles. The average Bonchev–Trinajstić information content (AvgIpc) is 3.01. The lowest BCUT2D eigenvalue weighted by molar-refractivity contribution is -0.137. The van der Waals surface area contributed by atoms with Gasteiger partial charge in [0.05, 0.1) is 11.6 Å². The Hall–Kier alpha value is -1.08. The standard InChI is InChI=1S/C16H16ClF3N2S/c17-14-8-12(7-13(9-14)16(18,19)20)15(11-1-6-23-10-11)22-4-2-21-3-5-22/h1,6-10,15,21H,2-5H2/t15-/m0/s1. The van der Waals surface area contributed by atoms with Crippen LogP contribution in [-0.2, 0) is 6.18 Å². The van der Waals surface area contributed by atoms with Crippen molar-refractivity contribution in [1.82, 2.24) is 10.2 Å². The van der Waals surface area contributed by atoms with Crippen LogP contribution >= 0.6 is 22.9 Å². The summed E-state index contributed by atoms with van der Waals surface area (Å²) >= 11 is 7.52. The number of nitrogens with one attached hydrogen (secondary N) is 1. The maximum Gasteiger partial charge on any atom is 0.416 e. The number of alkyl halides is 3. The van der Waals surface area contributed by atoms with Gasteiger partial charge in [0.2, 0.25) is 0 Å². The highest BCUT2D eigenvalue weighted by molar-refractivity contribution is 7.08. The van der Waals surface area contributed by atoms with Gasteiger partial charge < -0.3 is 5.32 Å². The molecule has 1 aliphatic heterocycles. The number of nitrogens with zero attached hydrogens (tertiary/aromatic N) is 1. The van der Waals surface area contributed by atoms with Crippen LogP contribution in [0.15, 0.2) is 35.0 Å². The number of benzene rings is 1. The van der Waals surface area contributed by atoms with Crippen LogP contribution in [0.4, 0.5) is 13.2 Å². The lowest BCUT2D eigenvalue weighted by Gasteiger charge is -2.35. The molecule has 0 aliphatic carbocycles. The Morgan fingerprint density at radius 3 is 2.48 bits per heavy atom. The number of hydrogen-bond acceptors (Lipinski definition) is 3. The van der Waals surface area contributed by atoms with Gasteiger partial charge in [0.1, 0.15) is 0 Å². The van der Waals surface area contributed by atoms with Crippen molar-refractivity contribution in [2.75, 3.05) is 26.2 Å². The van der Waals surface area contributed by atoms with Crippen molar-refractivity contribution in [2.45, 2.75) is 12.2 Å². The molecule has 0 radical (unpaired) electrons. The minimum absolute atomic E-state index is 0.116. The SMILES string of the molecule is FC(F)(F)c1cc(Cl)cc([C@H](c2ccsc2)N2CCNCC2)c1. The molecule has 1 saturated heterocycles. The van der Waals surface area contributed by atoms with Gasteiger partial charge in [-0.05, 0) is 46.2 Å². The molecule has 23 heavy (non-hydrogen) atoms. The Bertz CT molecular complexity index is 652. The summed E-state index contributed by atoms with van der Waals surface area (Å²) in [4.78, 5) is 2.20. The number of hydrogen-bond donors (Lipinski definition) is 1. The molecule has 0 unspecified atom stereocenters. The Morgan fingerprint density at radius 1 is 1.13 bits per heavy atom. The first kappa shape index (κ1) is 16.8. The summed E-state index contributed by atoms with van der Waals surface area (Å²) in [6, 6.07) is 5.60. The van der Waals surface area contributed by atoms with E-state index in [1.807, 2.05) is 16.8 Å². The minimum atomic E-state index is -4.40. The summed E-state index contributed by atoms with van der Waals surface area (Å²) in [7, 11) is 0. The van der Waals surface area contributed by atoms with Crippen LogP contribution in [0.2, 0.25) is 5.02 Å². The summed E-state index contributed by atoms with van der Waals surface area (Å²) in [5.74, 6) is 0. The van der Waals surface area contributed by atoms with Crippen LogP contribution in [-0.4, -0.2) is 31.1 Å². The first-order valence-electron chi connectivity index (χ1n) is 7.30. The zero-order valence-corrected chi connectivity index (χ0v) is 13.8. The van der Waals surface area contributed by atoms with E-state index in [4.69, 9.17) is 11.6 Å². The van der Waals surface area contributed by atoms with E-state index in [-0.39, 0.29) is 11.1 Å². The van der Waals surface area contributed by atoms with Crippen LogP contribution in [0.5, 0.6) is 0 Å². The van der Waals surface area contributed by atoms with Gasteiger partial charge in [-0.2, -0.15) is 24.5 Å². The van der Waals surface area contributed by atoms with Crippen LogP contribution in [0, 0.1) is 0 Å². The molecule has 7 heteroatoms. The average molecular weight is 361 g/mol. The molecule has 1 aromatic carbocycles. The second-order valence-electron chi connectivity index (χ2n) is 5.52. The van der Waals surface area contributed by atoms with Gasteiger partial charge in [-0.25, -0.2) is 0 Å².